The molecule has 2 heterocycles. The van der Waals surface area contributed by atoms with Crippen molar-refractivity contribution in [1.29, 1.82) is 0 Å². The van der Waals surface area contributed by atoms with E-state index in [1.165, 1.54) is 6.92 Å². The molecule has 2 aromatic heterocycles. The van der Waals surface area contributed by atoms with Crippen molar-refractivity contribution >= 4 is 22.2 Å². The normalized spacial score (nSPS) is 13.1. The van der Waals surface area contributed by atoms with Crippen LogP contribution in [0.5, 0.6) is 0 Å². The zero-order chi connectivity index (χ0) is 13.6. The van der Waals surface area contributed by atoms with Gasteiger partial charge in [-0.15, -0.1) is 15.3 Å². The van der Waals surface area contributed by atoms with Gasteiger partial charge in [-0.1, -0.05) is 24.3 Å². The molecule has 1 atom stereocenters. The first-order valence-electron chi connectivity index (χ1n) is 5.86. The number of hydrogen-bond donors (Lipinski definition) is 2. The number of benzene rings is 1. The Labute approximate surface area is 108 Å². The Morgan fingerprint density at radius 3 is 2.58 bits per heavy atom. The molecule has 1 aromatic carbocycles. The van der Waals surface area contributed by atoms with E-state index in [0.29, 0.717) is 16.9 Å². The first-order valence-corrected chi connectivity index (χ1v) is 5.86. The summed E-state index contributed by atoms with van der Waals surface area (Å²) in [6, 6.07) is 7.40. The number of aliphatic hydroxyl groups is 1. The van der Waals surface area contributed by atoms with E-state index >= 15 is 0 Å². The van der Waals surface area contributed by atoms with Gasteiger partial charge in [-0.25, -0.2) is 5.06 Å². The van der Waals surface area contributed by atoms with Gasteiger partial charge in [-0.05, 0) is 13.8 Å². The summed E-state index contributed by atoms with van der Waals surface area (Å²) in [7, 11) is 0. The number of nitrogens with zero attached hydrogens (tertiary/aromatic N) is 5. The SMILES string of the molecule is Cc1nnc2c3ccccc3c(N(O)C(C)O)nn12. The molecule has 1 unspecified atom stereocenters. The van der Waals surface area contributed by atoms with E-state index in [2.05, 4.69) is 15.3 Å². The summed E-state index contributed by atoms with van der Waals surface area (Å²) in [6.45, 7) is 3.23. The second-order valence-electron chi connectivity index (χ2n) is 4.33. The minimum absolute atomic E-state index is 0.265. The molecule has 0 amide bonds. The van der Waals surface area contributed by atoms with Crippen molar-refractivity contribution in [3.8, 4) is 0 Å². The zero-order valence-corrected chi connectivity index (χ0v) is 10.5. The highest BCUT2D eigenvalue weighted by molar-refractivity contribution is 5.99. The molecule has 2 N–H and O–H groups in total. The molecule has 0 saturated heterocycles. The summed E-state index contributed by atoms with van der Waals surface area (Å²) in [5.74, 6) is 0.877. The van der Waals surface area contributed by atoms with Crippen LogP contribution < -0.4 is 5.06 Å². The zero-order valence-electron chi connectivity index (χ0n) is 10.5. The molecule has 0 fully saturated rings. The Bertz CT molecular complexity index is 752. The van der Waals surface area contributed by atoms with Crippen molar-refractivity contribution in [3.63, 3.8) is 0 Å². The van der Waals surface area contributed by atoms with Crippen LogP contribution in [0, 0.1) is 6.92 Å². The Kier molecular flexibility index (Phi) is 2.58. The lowest BCUT2D eigenvalue weighted by Gasteiger charge is -2.20. The van der Waals surface area contributed by atoms with E-state index in [1.54, 1.807) is 11.4 Å². The maximum absolute atomic E-state index is 9.95. The van der Waals surface area contributed by atoms with Crippen molar-refractivity contribution < 1.29 is 10.3 Å². The predicted octanol–water partition coefficient (Wildman–Crippen LogP) is 1.12. The summed E-state index contributed by atoms with van der Waals surface area (Å²) >= 11 is 0. The second-order valence-corrected chi connectivity index (χ2v) is 4.33. The van der Waals surface area contributed by atoms with Gasteiger partial charge in [0.2, 0.25) is 0 Å². The molecule has 7 heteroatoms. The van der Waals surface area contributed by atoms with Crippen molar-refractivity contribution in [2.75, 3.05) is 5.06 Å². The van der Waals surface area contributed by atoms with E-state index < -0.39 is 6.23 Å². The minimum atomic E-state index is -1.06. The van der Waals surface area contributed by atoms with Crippen LogP contribution in [0.2, 0.25) is 0 Å². The van der Waals surface area contributed by atoms with Crippen molar-refractivity contribution in [3.05, 3.63) is 30.1 Å². The molecule has 3 aromatic rings. The summed E-state index contributed by atoms with van der Waals surface area (Å²) in [6.07, 6.45) is -1.06. The maximum atomic E-state index is 9.95. The summed E-state index contributed by atoms with van der Waals surface area (Å²) in [5.41, 5.74) is 0.621. The fourth-order valence-corrected chi connectivity index (χ4v) is 2.01. The molecule has 7 nitrogen and oxygen atoms in total. The number of hydrogen-bond acceptors (Lipinski definition) is 6. The standard InChI is InChI=1S/C12H13N5O2/c1-7-13-14-11-9-5-3-4-6-10(9)12(15-16(7)11)17(19)8(2)18/h3-6,8,18-19H,1-2H3. The topological polar surface area (TPSA) is 86.8 Å². The Morgan fingerprint density at radius 1 is 1.21 bits per heavy atom. The third-order valence-corrected chi connectivity index (χ3v) is 2.97. The molecular formula is C12H13N5O2. The van der Waals surface area contributed by atoms with Gasteiger partial charge < -0.3 is 5.11 Å². The minimum Gasteiger partial charge on any atom is -0.372 e. The second kappa shape index (κ2) is 4.15. The number of aromatic nitrogens is 4. The Morgan fingerprint density at radius 2 is 1.89 bits per heavy atom. The molecular weight excluding hydrogens is 246 g/mol. The van der Waals surface area contributed by atoms with Crippen molar-refractivity contribution in [2.24, 2.45) is 0 Å². The first kappa shape index (κ1) is 11.8. The number of hydroxylamine groups is 1. The monoisotopic (exact) mass is 259 g/mol. The molecule has 0 spiro atoms. The summed E-state index contributed by atoms with van der Waals surface area (Å²) in [5, 5.41) is 34.1. The van der Waals surface area contributed by atoms with Gasteiger partial charge in [-0.3, -0.25) is 5.21 Å². The average molecular weight is 259 g/mol. The van der Waals surface area contributed by atoms with Crippen LogP contribution in [-0.2, 0) is 0 Å². The van der Waals surface area contributed by atoms with E-state index in [-0.39, 0.29) is 5.82 Å². The van der Waals surface area contributed by atoms with Crippen molar-refractivity contribution in [2.45, 2.75) is 20.1 Å². The van der Waals surface area contributed by atoms with E-state index in [9.17, 15) is 10.3 Å². The van der Waals surface area contributed by atoms with Gasteiger partial charge in [0.15, 0.2) is 17.3 Å². The predicted molar refractivity (Wildman–Crippen MR) is 69.0 cm³/mol. The lowest BCUT2D eigenvalue weighted by Crippen LogP contribution is -2.30. The number of fused-ring (bicyclic) bond motifs is 3. The molecule has 3 rings (SSSR count). The van der Waals surface area contributed by atoms with Gasteiger partial charge in [0.25, 0.3) is 0 Å². The summed E-state index contributed by atoms with van der Waals surface area (Å²) < 4.78 is 1.54. The van der Waals surface area contributed by atoms with Crippen LogP contribution in [0.25, 0.3) is 16.4 Å². The van der Waals surface area contributed by atoms with E-state index in [1.807, 2.05) is 24.3 Å². The number of anilines is 1. The highest BCUT2D eigenvalue weighted by atomic mass is 16.5. The van der Waals surface area contributed by atoms with Gasteiger partial charge in [0.05, 0.1) is 0 Å². The molecule has 0 aliphatic carbocycles. The van der Waals surface area contributed by atoms with E-state index in [0.717, 1.165) is 10.4 Å². The Hall–Kier alpha value is -2.25. The fraction of sp³-hybridized carbons (Fsp3) is 0.250. The maximum Gasteiger partial charge on any atom is 0.185 e. The molecule has 19 heavy (non-hydrogen) atoms. The average Bonchev–Trinajstić information content (AvgIpc) is 2.79. The van der Waals surface area contributed by atoms with Crippen LogP contribution in [0.15, 0.2) is 24.3 Å². The first-order chi connectivity index (χ1) is 9.09. The van der Waals surface area contributed by atoms with Gasteiger partial charge in [0.1, 0.15) is 6.23 Å². The van der Waals surface area contributed by atoms with Gasteiger partial charge in [0, 0.05) is 10.8 Å². The summed E-state index contributed by atoms with van der Waals surface area (Å²) in [4.78, 5) is 0. The molecule has 0 saturated carbocycles. The van der Waals surface area contributed by atoms with Crippen LogP contribution in [-0.4, -0.2) is 36.4 Å². The van der Waals surface area contributed by atoms with Crippen molar-refractivity contribution in [1.82, 2.24) is 19.8 Å². The molecule has 0 aliphatic heterocycles. The number of rotatable bonds is 2. The van der Waals surface area contributed by atoms with E-state index in [4.69, 9.17) is 0 Å². The fourth-order valence-electron chi connectivity index (χ4n) is 2.01. The van der Waals surface area contributed by atoms with Crippen LogP contribution in [0.1, 0.15) is 12.7 Å². The third kappa shape index (κ3) is 1.71. The molecule has 0 bridgehead atoms. The van der Waals surface area contributed by atoms with Gasteiger partial charge >= 0.3 is 0 Å². The Balaban J connectivity index is 2.43. The lowest BCUT2D eigenvalue weighted by atomic mass is 10.2. The largest absolute Gasteiger partial charge is 0.372 e. The molecule has 98 valence electrons. The lowest BCUT2D eigenvalue weighted by molar-refractivity contribution is 0.0781. The highest BCUT2D eigenvalue weighted by Gasteiger charge is 2.18. The number of aryl methyl sites for hydroxylation is 1. The smallest absolute Gasteiger partial charge is 0.185 e. The highest BCUT2D eigenvalue weighted by Crippen LogP contribution is 2.27. The van der Waals surface area contributed by atoms with Gasteiger partial charge in [-0.2, -0.15) is 4.52 Å². The molecule has 0 aliphatic rings. The molecule has 0 radical (unpaired) electrons. The quantitative estimate of drug-likeness (QED) is 0.529. The van der Waals surface area contributed by atoms with Crippen LogP contribution in [0.3, 0.4) is 0 Å². The van der Waals surface area contributed by atoms with Crippen LogP contribution in [0.4, 0.5) is 5.82 Å². The third-order valence-electron chi connectivity index (χ3n) is 2.97. The van der Waals surface area contributed by atoms with Crippen LogP contribution >= 0.6 is 0 Å². The number of aliphatic hydroxyl groups excluding tert-OH is 1.